The van der Waals surface area contributed by atoms with Crippen molar-refractivity contribution in [3.8, 4) is 0 Å². The van der Waals surface area contributed by atoms with Gasteiger partial charge in [-0.2, -0.15) is 0 Å². The Hall–Kier alpha value is -3.62. The Morgan fingerprint density at radius 3 is 2.75 bits per heavy atom. The van der Waals surface area contributed by atoms with E-state index in [-0.39, 0.29) is 12.5 Å². The molecule has 9 heteroatoms. The number of carboxylic acids is 1. The van der Waals surface area contributed by atoms with Gasteiger partial charge in [0.05, 0.1) is 29.9 Å². The maximum Gasteiger partial charge on any atom is 0.307 e. The van der Waals surface area contributed by atoms with E-state index in [0.717, 1.165) is 23.5 Å². The number of hydrogen-bond acceptors (Lipinski definition) is 3. The third-order valence-corrected chi connectivity index (χ3v) is 6.06. The average molecular weight is 440 g/mol. The second-order valence-electron chi connectivity index (χ2n) is 8.03. The van der Waals surface area contributed by atoms with Gasteiger partial charge in [-0.15, -0.1) is 5.10 Å². The fraction of sp³-hybridized carbons (Fsp3) is 0.261. The molecule has 164 valence electrons. The second-order valence-corrected chi connectivity index (χ2v) is 8.03. The monoisotopic (exact) mass is 440 g/mol. The summed E-state index contributed by atoms with van der Waals surface area (Å²) in [4.78, 5) is 11.4. The van der Waals surface area contributed by atoms with Crippen molar-refractivity contribution >= 4 is 16.9 Å². The Labute approximate surface area is 180 Å². The number of aromatic nitrogens is 4. The molecule has 2 aromatic carbocycles. The first-order valence-electron chi connectivity index (χ1n) is 10.3. The first-order valence-corrected chi connectivity index (χ1v) is 10.3. The van der Waals surface area contributed by atoms with Gasteiger partial charge in [0, 0.05) is 24.0 Å². The van der Waals surface area contributed by atoms with Crippen molar-refractivity contribution in [1.82, 2.24) is 19.6 Å². The van der Waals surface area contributed by atoms with Crippen LogP contribution in [0.5, 0.6) is 0 Å². The van der Waals surface area contributed by atoms with E-state index in [1.807, 2.05) is 4.57 Å². The summed E-state index contributed by atoms with van der Waals surface area (Å²) in [7, 11) is 0. The van der Waals surface area contributed by atoms with E-state index in [1.165, 1.54) is 12.1 Å². The number of rotatable bonds is 5. The lowest BCUT2D eigenvalue weighted by Gasteiger charge is -2.27. The lowest BCUT2D eigenvalue weighted by atomic mass is 10.00. The van der Waals surface area contributed by atoms with E-state index in [1.54, 1.807) is 23.0 Å². The van der Waals surface area contributed by atoms with Gasteiger partial charge in [-0.25, -0.2) is 17.9 Å². The Kier molecular flexibility index (Phi) is 4.96. The van der Waals surface area contributed by atoms with Crippen molar-refractivity contribution in [3.05, 3.63) is 82.6 Å². The van der Waals surface area contributed by atoms with Crippen LogP contribution in [-0.4, -0.2) is 30.6 Å². The number of hydrogen-bond donors (Lipinski definition) is 1. The minimum atomic E-state index is -0.961. The third-order valence-electron chi connectivity index (χ3n) is 6.06. The molecule has 1 aliphatic rings. The van der Waals surface area contributed by atoms with Crippen LogP contribution in [0.15, 0.2) is 42.6 Å². The van der Waals surface area contributed by atoms with Gasteiger partial charge in [0.25, 0.3) is 0 Å². The molecule has 3 heterocycles. The van der Waals surface area contributed by atoms with Crippen molar-refractivity contribution in [2.24, 2.45) is 0 Å². The Bertz CT molecular complexity index is 1340. The molecule has 0 radical (unpaired) electrons. The average Bonchev–Trinajstić information content (AvgIpc) is 3.34. The van der Waals surface area contributed by atoms with Gasteiger partial charge in [0.2, 0.25) is 0 Å². The molecule has 0 aliphatic carbocycles. The van der Waals surface area contributed by atoms with Crippen LogP contribution in [0.25, 0.3) is 10.9 Å². The molecule has 1 atom stereocenters. The third kappa shape index (κ3) is 3.43. The lowest BCUT2D eigenvalue weighted by Crippen LogP contribution is -2.26. The Morgan fingerprint density at radius 2 is 1.97 bits per heavy atom. The number of aliphatic carboxylic acids is 1. The Balaban J connectivity index is 1.50. The smallest absolute Gasteiger partial charge is 0.307 e. The van der Waals surface area contributed by atoms with Crippen LogP contribution >= 0.6 is 0 Å². The molecule has 0 spiro atoms. The molecule has 4 aromatic rings. The predicted molar refractivity (Wildman–Crippen MR) is 110 cm³/mol. The highest BCUT2D eigenvalue weighted by atomic mass is 19.2. The van der Waals surface area contributed by atoms with E-state index >= 15 is 0 Å². The topological polar surface area (TPSA) is 72.9 Å². The quantitative estimate of drug-likeness (QED) is 0.508. The number of para-hydroxylation sites is 1. The molecule has 6 nitrogen and oxygen atoms in total. The van der Waals surface area contributed by atoms with Crippen LogP contribution in [0.1, 0.15) is 35.0 Å². The van der Waals surface area contributed by atoms with Crippen molar-refractivity contribution in [2.45, 2.75) is 38.3 Å². The molecule has 1 aliphatic heterocycles. The van der Waals surface area contributed by atoms with Crippen LogP contribution in [0, 0.1) is 17.5 Å². The van der Waals surface area contributed by atoms with E-state index in [2.05, 4.69) is 10.3 Å². The highest BCUT2D eigenvalue weighted by Gasteiger charge is 2.29. The summed E-state index contributed by atoms with van der Waals surface area (Å²) in [6.45, 7) is 0.403. The number of nitrogens with zero attached hydrogens (tertiary/aromatic N) is 4. The fourth-order valence-corrected chi connectivity index (χ4v) is 4.68. The van der Waals surface area contributed by atoms with Gasteiger partial charge < -0.3 is 9.67 Å². The van der Waals surface area contributed by atoms with E-state index in [0.29, 0.717) is 47.8 Å². The molecule has 5 rings (SSSR count). The van der Waals surface area contributed by atoms with Crippen LogP contribution in [0.2, 0.25) is 0 Å². The minimum Gasteiger partial charge on any atom is -0.481 e. The zero-order valence-corrected chi connectivity index (χ0v) is 16.9. The molecular formula is C23H19F3N4O2. The molecular weight excluding hydrogens is 421 g/mol. The molecule has 2 aromatic heterocycles. The standard InChI is InChI=1S/C23H19F3N4O2/c24-18-6-4-13(9-20(18)26)8-15-11-27-28-30(15)14-5-7-21-17(10-22(31)32)16-2-1-3-19(25)23(16)29(21)12-14/h1-4,6,9,11,14H,5,7-8,10,12H2,(H,31,32). The van der Waals surface area contributed by atoms with Crippen LogP contribution in [0.4, 0.5) is 13.2 Å². The maximum absolute atomic E-state index is 14.8. The van der Waals surface area contributed by atoms with Gasteiger partial charge in [-0.1, -0.05) is 23.4 Å². The second kappa shape index (κ2) is 7.81. The van der Waals surface area contributed by atoms with Gasteiger partial charge in [-0.05, 0) is 42.2 Å². The van der Waals surface area contributed by atoms with E-state index < -0.39 is 23.4 Å². The van der Waals surface area contributed by atoms with Crippen molar-refractivity contribution in [1.29, 1.82) is 0 Å². The molecule has 0 amide bonds. The number of carboxylic acid groups (broad SMARTS) is 1. The summed E-state index contributed by atoms with van der Waals surface area (Å²) in [5.74, 6) is -3.18. The van der Waals surface area contributed by atoms with Crippen LogP contribution in [-0.2, 0) is 30.6 Å². The summed E-state index contributed by atoms with van der Waals surface area (Å²) < 4.78 is 45.2. The van der Waals surface area contributed by atoms with Crippen molar-refractivity contribution < 1.29 is 23.1 Å². The summed E-state index contributed by atoms with van der Waals surface area (Å²) in [5.41, 5.74) is 3.18. The van der Waals surface area contributed by atoms with Gasteiger partial charge in [0.15, 0.2) is 11.6 Å². The SMILES string of the molecule is O=C(O)Cc1c2n(c3c(F)cccc13)CC(n1nncc1Cc1ccc(F)c(F)c1)CC2. The zero-order valence-electron chi connectivity index (χ0n) is 16.9. The van der Waals surface area contributed by atoms with Gasteiger partial charge in [-0.3, -0.25) is 4.79 Å². The largest absolute Gasteiger partial charge is 0.481 e. The molecule has 1 N–H and O–H groups in total. The minimum absolute atomic E-state index is 0.141. The predicted octanol–water partition coefficient (Wildman–Crippen LogP) is 4.06. The fourth-order valence-electron chi connectivity index (χ4n) is 4.68. The van der Waals surface area contributed by atoms with Gasteiger partial charge >= 0.3 is 5.97 Å². The number of fused-ring (bicyclic) bond motifs is 3. The van der Waals surface area contributed by atoms with Gasteiger partial charge in [0.1, 0.15) is 5.82 Å². The van der Waals surface area contributed by atoms with Crippen LogP contribution < -0.4 is 0 Å². The first kappa shape index (κ1) is 20.3. The first-order chi connectivity index (χ1) is 15.4. The molecule has 0 saturated carbocycles. The highest BCUT2D eigenvalue weighted by molar-refractivity contribution is 5.89. The molecule has 0 saturated heterocycles. The van der Waals surface area contributed by atoms with E-state index in [4.69, 9.17) is 0 Å². The molecule has 0 bridgehead atoms. The summed E-state index contributed by atoms with van der Waals surface area (Å²) in [6, 6.07) is 8.32. The van der Waals surface area contributed by atoms with Crippen LogP contribution in [0.3, 0.4) is 0 Å². The molecule has 0 fully saturated rings. The van der Waals surface area contributed by atoms with Crippen molar-refractivity contribution in [2.75, 3.05) is 0 Å². The number of benzene rings is 2. The maximum atomic E-state index is 14.8. The highest BCUT2D eigenvalue weighted by Crippen LogP contribution is 2.36. The Morgan fingerprint density at radius 1 is 1.12 bits per heavy atom. The lowest BCUT2D eigenvalue weighted by molar-refractivity contribution is -0.136. The van der Waals surface area contributed by atoms with Crippen molar-refractivity contribution in [3.63, 3.8) is 0 Å². The summed E-state index contributed by atoms with van der Waals surface area (Å²) >= 11 is 0. The summed E-state index contributed by atoms with van der Waals surface area (Å²) in [6.07, 6.45) is 2.96. The molecule has 1 unspecified atom stereocenters. The number of carbonyl (C=O) groups is 1. The van der Waals surface area contributed by atoms with E-state index in [9.17, 15) is 23.1 Å². The molecule has 32 heavy (non-hydrogen) atoms. The zero-order chi connectivity index (χ0) is 22.4. The normalized spacial score (nSPS) is 15.8. The summed E-state index contributed by atoms with van der Waals surface area (Å²) in [5, 5.41) is 18.2. The number of halogens is 3.